The number of fused-ring (bicyclic) bond motifs is 1. The maximum Gasteiger partial charge on any atom is 0.187 e. The van der Waals surface area contributed by atoms with Gasteiger partial charge in [0.2, 0.25) is 0 Å². The predicted molar refractivity (Wildman–Crippen MR) is 59.9 cm³/mol. The first-order valence-electron chi connectivity index (χ1n) is 4.85. The van der Waals surface area contributed by atoms with Crippen LogP contribution >= 0.6 is 23.2 Å². The smallest absolute Gasteiger partial charge is 0.187 e. The van der Waals surface area contributed by atoms with E-state index in [1.165, 1.54) is 12.1 Å². The maximum absolute atomic E-state index is 13.0. The van der Waals surface area contributed by atoms with Crippen molar-refractivity contribution in [2.75, 3.05) is 5.88 Å². The molecule has 16 heavy (non-hydrogen) atoms. The zero-order chi connectivity index (χ0) is 11.7. The highest BCUT2D eigenvalue weighted by Gasteiger charge is 2.27. The number of Topliss-reactive ketones (excluding diaryl/α,β-unsaturated/α-hetero) is 1. The van der Waals surface area contributed by atoms with E-state index in [2.05, 4.69) is 0 Å². The molecule has 1 aliphatic heterocycles. The summed E-state index contributed by atoms with van der Waals surface area (Å²) in [6, 6.07) is 2.55. The Kier molecular flexibility index (Phi) is 3.36. The van der Waals surface area contributed by atoms with Crippen molar-refractivity contribution in [3.8, 4) is 5.75 Å². The number of rotatable bonds is 2. The number of benzene rings is 1. The van der Waals surface area contributed by atoms with Crippen molar-refractivity contribution in [2.45, 2.75) is 18.9 Å². The average Bonchev–Trinajstić information content (AvgIpc) is 2.27. The Balaban J connectivity index is 2.30. The molecular weight excluding hydrogens is 254 g/mol. The summed E-state index contributed by atoms with van der Waals surface area (Å²) in [5.74, 6) is -0.251. The van der Waals surface area contributed by atoms with Gasteiger partial charge in [-0.05, 0) is 30.5 Å². The highest BCUT2D eigenvalue weighted by Crippen LogP contribution is 2.35. The lowest BCUT2D eigenvalue weighted by Crippen LogP contribution is -2.32. The molecule has 2 nitrogen and oxygen atoms in total. The lowest BCUT2D eigenvalue weighted by molar-refractivity contribution is -0.123. The molecule has 0 radical (unpaired) electrons. The highest BCUT2D eigenvalue weighted by molar-refractivity contribution is 6.32. The molecule has 0 aromatic heterocycles. The van der Waals surface area contributed by atoms with Gasteiger partial charge < -0.3 is 4.74 Å². The Labute approximate surface area is 102 Å². The lowest BCUT2D eigenvalue weighted by Gasteiger charge is -2.25. The second-order valence-electron chi connectivity index (χ2n) is 3.62. The second-order valence-corrected chi connectivity index (χ2v) is 4.30. The summed E-state index contributed by atoms with van der Waals surface area (Å²) in [6.07, 6.45) is 0.520. The topological polar surface area (TPSA) is 26.3 Å². The Morgan fingerprint density at radius 2 is 2.31 bits per heavy atom. The van der Waals surface area contributed by atoms with Gasteiger partial charge in [-0.2, -0.15) is 0 Å². The van der Waals surface area contributed by atoms with E-state index >= 15 is 0 Å². The molecule has 0 bridgehead atoms. The molecule has 1 aliphatic rings. The number of hydrogen-bond donors (Lipinski definition) is 0. The van der Waals surface area contributed by atoms with Gasteiger partial charge in [-0.15, -0.1) is 11.6 Å². The fourth-order valence-electron chi connectivity index (χ4n) is 1.73. The first kappa shape index (κ1) is 11.7. The Morgan fingerprint density at radius 1 is 1.56 bits per heavy atom. The molecule has 0 amide bonds. The number of ether oxygens (including phenoxy) is 1. The minimum Gasteiger partial charge on any atom is -0.481 e. The Morgan fingerprint density at radius 3 is 3.00 bits per heavy atom. The molecule has 1 heterocycles. The van der Waals surface area contributed by atoms with Crippen LogP contribution in [0.5, 0.6) is 5.75 Å². The molecule has 5 heteroatoms. The predicted octanol–water partition coefficient (Wildman–Crippen LogP) is 2.98. The van der Waals surface area contributed by atoms with Crippen molar-refractivity contribution in [1.82, 2.24) is 0 Å². The van der Waals surface area contributed by atoms with Crippen LogP contribution in [0.1, 0.15) is 12.0 Å². The summed E-state index contributed by atoms with van der Waals surface area (Å²) in [7, 11) is 0. The van der Waals surface area contributed by atoms with Crippen LogP contribution in [-0.4, -0.2) is 17.8 Å². The van der Waals surface area contributed by atoms with Gasteiger partial charge in [0.15, 0.2) is 11.9 Å². The van der Waals surface area contributed by atoms with E-state index in [0.29, 0.717) is 24.2 Å². The molecule has 86 valence electrons. The molecule has 0 N–H and O–H groups in total. The van der Waals surface area contributed by atoms with Gasteiger partial charge >= 0.3 is 0 Å². The van der Waals surface area contributed by atoms with Gasteiger partial charge in [0.05, 0.1) is 10.9 Å². The molecule has 0 saturated heterocycles. The van der Waals surface area contributed by atoms with E-state index in [1.807, 2.05) is 0 Å². The molecule has 1 atom stereocenters. The van der Waals surface area contributed by atoms with Gasteiger partial charge in [-0.1, -0.05) is 11.6 Å². The summed E-state index contributed by atoms with van der Waals surface area (Å²) in [5.41, 5.74) is 0.698. The first-order valence-corrected chi connectivity index (χ1v) is 5.76. The molecule has 0 aliphatic carbocycles. The molecule has 0 spiro atoms. The van der Waals surface area contributed by atoms with E-state index in [0.717, 1.165) is 0 Å². The van der Waals surface area contributed by atoms with Gasteiger partial charge in [0.25, 0.3) is 0 Å². The zero-order valence-electron chi connectivity index (χ0n) is 8.30. The third-order valence-electron chi connectivity index (χ3n) is 2.51. The van der Waals surface area contributed by atoms with Crippen molar-refractivity contribution < 1.29 is 13.9 Å². The SMILES string of the molecule is O=C(CCl)C1CCc2cc(F)cc(Cl)c2O1. The standard InChI is InChI=1S/C11H9Cl2FO2/c12-5-9(15)10-2-1-6-3-7(14)4-8(13)11(6)16-10/h3-4,10H,1-2,5H2. The van der Waals surface area contributed by atoms with Crippen LogP contribution in [0.2, 0.25) is 5.02 Å². The number of hydrogen-bond acceptors (Lipinski definition) is 2. The molecule has 0 saturated carbocycles. The Bertz CT molecular complexity index is 434. The van der Waals surface area contributed by atoms with Crippen LogP contribution in [0.3, 0.4) is 0 Å². The minimum absolute atomic E-state index is 0.0845. The molecule has 0 fully saturated rings. The third-order valence-corrected chi connectivity index (χ3v) is 3.06. The van der Waals surface area contributed by atoms with Crippen molar-refractivity contribution >= 4 is 29.0 Å². The number of halogens is 3. The van der Waals surface area contributed by atoms with E-state index in [-0.39, 0.29) is 16.7 Å². The normalized spacial score (nSPS) is 18.8. The quantitative estimate of drug-likeness (QED) is 0.767. The molecule has 1 aromatic rings. The fourth-order valence-corrected chi connectivity index (χ4v) is 2.17. The maximum atomic E-state index is 13.0. The fraction of sp³-hybridized carbons (Fsp3) is 0.364. The van der Waals surface area contributed by atoms with Gasteiger partial charge in [-0.3, -0.25) is 4.79 Å². The number of carbonyl (C=O) groups is 1. The summed E-state index contributed by atoms with van der Waals surface area (Å²) < 4.78 is 18.5. The molecule has 2 rings (SSSR count). The van der Waals surface area contributed by atoms with E-state index in [4.69, 9.17) is 27.9 Å². The van der Waals surface area contributed by atoms with Crippen molar-refractivity contribution in [2.24, 2.45) is 0 Å². The van der Waals surface area contributed by atoms with Crippen LogP contribution in [0.15, 0.2) is 12.1 Å². The Hall–Kier alpha value is -0.800. The third kappa shape index (κ3) is 2.15. The summed E-state index contributed by atoms with van der Waals surface area (Å²) in [6.45, 7) is 0. The molecule has 1 unspecified atom stereocenters. The zero-order valence-corrected chi connectivity index (χ0v) is 9.82. The first-order chi connectivity index (χ1) is 7.61. The van der Waals surface area contributed by atoms with Gasteiger partial charge in [-0.25, -0.2) is 4.39 Å². The summed E-state index contributed by atoms with van der Waals surface area (Å²) in [5, 5.41) is 0.196. The number of carbonyl (C=O) groups excluding carboxylic acids is 1. The van der Waals surface area contributed by atoms with Gasteiger partial charge in [0.1, 0.15) is 11.6 Å². The number of alkyl halides is 1. The van der Waals surface area contributed by atoms with E-state index in [1.54, 1.807) is 0 Å². The monoisotopic (exact) mass is 262 g/mol. The van der Waals surface area contributed by atoms with Crippen LogP contribution in [-0.2, 0) is 11.2 Å². The van der Waals surface area contributed by atoms with Crippen molar-refractivity contribution in [3.63, 3.8) is 0 Å². The van der Waals surface area contributed by atoms with Crippen molar-refractivity contribution in [3.05, 3.63) is 28.5 Å². The van der Waals surface area contributed by atoms with Crippen LogP contribution < -0.4 is 4.74 Å². The highest BCUT2D eigenvalue weighted by atomic mass is 35.5. The number of aryl methyl sites for hydroxylation is 1. The van der Waals surface area contributed by atoms with Crippen LogP contribution in [0.25, 0.3) is 0 Å². The number of ketones is 1. The summed E-state index contributed by atoms with van der Waals surface area (Å²) >= 11 is 11.3. The van der Waals surface area contributed by atoms with Crippen LogP contribution in [0, 0.1) is 5.82 Å². The van der Waals surface area contributed by atoms with E-state index < -0.39 is 11.9 Å². The van der Waals surface area contributed by atoms with E-state index in [9.17, 15) is 9.18 Å². The largest absolute Gasteiger partial charge is 0.481 e. The lowest BCUT2D eigenvalue weighted by atomic mass is 10.0. The second kappa shape index (κ2) is 4.60. The molecular formula is C11H9Cl2FO2. The van der Waals surface area contributed by atoms with Crippen LogP contribution in [0.4, 0.5) is 4.39 Å². The minimum atomic E-state index is -0.562. The summed E-state index contributed by atoms with van der Waals surface area (Å²) in [4.78, 5) is 11.4. The van der Waals surface area contributed by atoms with Gasteiger partial charge in [0, 0.05) is 0 Å². The van der Waals surface area contributed by atoms with Crippen molar-refractivity contribution in [1.29, 1.82) is 0 Å². The average molecular weight is 263 g/mol. The molecule has 1 aromatic carbocycles.